The number of benzene rings is 1. The summed E-state index contributed by atoms with van der Waals surface area (Å²) in [5, 5.41) is 9.89. The molecule has 0 fully saturated rings. The van der Waals surface area contributed by atoms with Crippen LogP contribution in [0.25, 0.3) is 10.9 Å². The van der Waals surface area contributed by atoms with Crippen molar-refractivity contribution in [1.82, 2.24) is 9.97 Å². The summed E-state index contributed by atoms with van der Waals surface area (Å²) >= 11 is 5.97. The van der Waals surface area contributed by atoms with Gasteiger partial charge in [0.25, 0.3) is 0 Å². The van der Waals surface area contributed by atoms with Crippen LogP contribution in [0.3, 0.4) is 0 Å². The number of nitrogens with zero attached hydrogens (tertiary/aromatic N) is 2. The van der Waals surface area contributed by atoms with Crippen LogP contribution < -0.4 is 0 Å². The Morgan fingerprint density at radius 1 is 1.38 bits per heavy atom. The van der Waals surface area contributed by atoms with E-state index in [1.165, 1.54) is 6.92 Å². The van der Waals surface area contributed by atoms with Crippen molar-refractivity contribution in [2.24, 2.45) is 0 Å². The number of carboxylic acids is 1. The molecule has 2 aromatic rings. The summed E-state index contributed by atoms with van der Waals surface area (Å²) in [5.74, 6) is -1.50. The molecule has 1 aromatic carbocycles. The Morgan fingerprint density at radius 2 is 2.06 bits per heavy atom. The van der Waals surface area contributed by atoms with Crippen molar-refractivity contribution >= 4 is 28.5 Å². The van der Waals surface area contributed by atoms with E-state index >= 15 is 0 Å². The number of aliphatic carboxylic acids is 1. The molecule has 1 atom stereocenters. The minimum atomic E-state index is -0.966. The fourth-order valence-corrected chi connectivity index (χ4v) is 1.61. The van der Waals surface area contributed by atoms with Crippen LogP contribution in [0.4, 0.5) is 0 Å². The van der Waals surface area contributed by atoms with Gasteiger partial charge in [-0.15, -0.1) is 0 Å². The highest BCUT2D eigenvalue weighted by Crippen LogP contribution is 2.22. The van der Waals surface area contributed by atoms with Crippen molar-refractivity contribution in [1.29, 1.82) is 0 Å². The molecule has 2 rings (SSSR count). The summed E-state index contributed by atoms with van der Waals surface area (Å²) in [6.07, 6.45) is 0. The molecule has 0 amide bonds. The smallest absolute Gasteiger partial charge is 0.313 e. The van der Waals surface area contributed by atoms with Crippen LogP contribution in [0, 0.1) is 0 Å². The normalized spacial score (nSPS) is 12.6. The van der Waals surface area contributed by atoms with Crippen molar-refractivity contribution in [3.63, 3.8) is 0 Å². The van der Waals surface area contributed by atoms with Crippen LogP contribution in [-0.2, 0) is 4.79 Å². The Hall–Kier alpha value is -1.68. The lowest BCUT2D eigenvalue weighted by Gasteiger charge is -2.07. The summed E-state index contributed by atoms with van der Waals surface area (Å²) in [6, 6.07) is 7.23. The molecule has 0 bridgehead atoms. The number of hydrogen-bond donors (Lipinski definition) is 1. The molecule has 1 N–H and O–H groups in total. The molecule has 0 saturated carbocycles. The Kier molecular flexibility index (Phi) is 2.75. The molecule has 1 heterocycles. The first-order valence-corrected chi connectivity index (χ1v) is 5.12. The van der Waals surface area contributed by atoms with Gasteiger partial charge in [0.1, 0.15) is 16.9 Å². The molecule has 0 aliphatic heterocycles. The van der Waals surface area contributed by atoms with Crippen molar-refractivity contribution in [2.75, 3.05) is 0 Å². The fourth-order valence-electron chi connectivity index (χ4n) is 1.36. The number of hydrogen-bond acceptors (Lipinski definition) is 3. The molecule has 0 aliphatic rings. The average molecular weight is 237 g/mol. The van der Waals surface area contributed by atoms with Crippen LogP contribution in [0.2, 0.25) is 5.15 Å². The Morgan fingerprint density at radius 3 is 2.75 bits per heavy atom. The molecule has 0 aliphatic carbocycles. The lowest BCUT2D eigenvalue weighted by molar-refractivity contribution is -0.138. The number of carbonyl (C=O) groups is 1. The van der Waals surface area contributed by atoms with E-state index in [0.717, 1.165) is 5.39 Å². The van der Waals surface area contributed by atoms with E-state index < -0.39 is 11.9 Å². The third-order valence-electron chi connectivity index (χ3n) is 2.33. The number of fused-ring (bicyclic) bond motifs is 1. The maximum atomic E-state index is 10.8. The second-order valence-electron chi connectivity index (χ2n) is 3.45. The minimum absolute atomic E-state index is 0.233. The highest BCUT2D eigenvalue weighted by Gasteiger charge is 2.18. The highest BCUT2D eigenvalue weighted by atomic mass is 35.5. The quantitative estimate of drug-likeness (QED) is 0.814. The Balaban J connectivity index is 2.62. The Bertz CT molecular complexity index is 557. The number of aromatic nitrogens is 2. The van der Waals surface area contributed by atoms with Gasteiger partial charge in [0, 0.05) is 5.39 Å². The zero-order valence-corrected chi connectivity index (χ0v) is 9.27. The fraction of sp³-hybridized carbons (Fsp3) is 0.182. The predicted octanol–water partition coefficient (Wildman–Crippen LogP) is 2.47. The number of carboxylic acid groups (broad SMARTS) is 1. The molecule has 0 spiro atoms. The summed E-state index contributed by atoms with van der Waals surface area (Å²) in [6.45, 7) is 1.53. The lowest BCUT2D eigenvalue weighted by Crippen LogP contribution is -2.11. The zero-order chi connectivity index (χ0) is 11.7. The van der Waals surface area contributed by atoms with Gasteiger partial charge in [-0.1, -0.05) is 23.7 Å². The molecule has 0 saturated heterocycles. The first-order valence-electron chi connectivity index (χ1n) is 4.74. The van der Waals surface area contributed by atoms with Crippen molar-refractivity contribution in [3.05, 3.63) is 35.2 Å². The van der Waals surface area contributed by atoms with Crippen LogP contribution >= 0.6 is 11.6 Å². The van der Waals surface area contributed by atoms with Crippen molar-refractivity contribution in [3.8, 4) is 0 Å². The molecule has 4 nitrogen and oxygen atoms in total. The lowest BCUT2D eigenvalue weighted by atomic mass is 10.1. The Labute approximate surface area is 96.9 Å². The third kappa shape index (κ3) is 1.84. The van der Waals surface area contributed by atoms with E-state index in [4.69, 9.17) is 16.7 Å². The SMILES string of the molecule is CC(C(=O)O)c1nc(Cl)c2ccccc2n1. The van der Waals surface area contributed by atoms with Gasteiger partial charge < -0.3 is 5.11 Å². The van der Waals surface area contributed by atoms with Gasteiger partial charge in [-0.05, 0) is 19.1 Å². The molecule has 0 radical (unpaired) electrons. The maximum absolute atomic E-state index is 10.8. The van der Waals surface area contributed by atoms with Gasteiger partial charge in [0.2, 0.25) is 0 Å². The van der Waals surface area contributed by atoms with E-state index in [1.54, 1.807) is 12.1 Å². The standard InChI is InChI=1S/C11H9ClN2O2/c1-6(11(15)16)10-13-8-5-3-2-4-7(8)9(12)14-10/h2-6H,1H3,(H,15,16). The van der Waals surface area contributed by atoms with Gasteiger partial charge in [0.05, 0.1) is 5.52 Å². The first-order chi connectivity index (χ1) is 7.59. The van der Waals surface area contributed by atoms with E-state index in [2.05, 4.69) is 9.97 Å². The first kappa shape index (κ1) is 10.8. The molecular formula is C11H9ClN2O2. The highest BCUT2D eigenvalue weighted by molar-refractivity contribution is 6.34. The third-order valence-corrected chi connectivity index (χ3v) is 2.62. The van der Waals surface area contributed by atoms with E-state index in [9.17, 15) is 4.79 Å². The summed E-state index contributed by atoms with van der Waals surface area (Å²) in [5.41, 5.74) is 0.658. The van der Waals surface area contributed by atoms with E-state index in [-0.39, 0.29) is 11.0 Å². The molecule has 1 aromatic heterocycles. The molecule has 1 unspecified atom stereocenters. The van der Waals surface area contributed by atoms with Crippen LogP contribution in [0.15, 0.2) is 24.3 Å². The molecule has 16 heavy (non-hydrogen) atoms. The van der Waals surface area contributed by atoms with Gasteiger partial charge in [-0.2, -0.15) is 0 Å². The predicted molar refractivity (Wildman–Crippen MR) is 60.6 cm³/mol. The maximum Gasteiger partial charge on any atom is 0.313 e. The van der Waals surface area contributed by atoms with Crippen molar-refractivity contribution < 1.29 is 9.90 Å². The topological polar surface area (TPSA) is 63.1 Å². The second-order valence-corrected chi connectivity index (χ2v) is 3.81. The molecule has 5 heteroatoms. The van der Waals surface area contributed by atoms with Crippen molar-refractivity contribution in [2.45, 2.75) is 12.8 Å². The summed E-state index contributed by atoms with van der Waals surface area (Å²) in [7, 11) is 0. The minimum Gasteiger partial charge on any atom is -0.481 e. The van der Waals surface area contributed by atoms with Crippen LogP contribution in [0.1, 0.15) is 18.7 Å². The summed E-state index contributed by atoms with van der Waals surface area (Å²) < 4.78 is 0. The van der Waals surface area contributed by atoms with Crippen LogP contribution in [-0.4, -0.2) is 21.0 Å². The number of rotatable bonds is 2. The monoisotopic (exact) mass is 236 g/mol. The van der Waals surface area contributed by atoms with E-state index in [1.807, 2.05) is 12.1 Å². The zero-order valence-electron chi connectivity index (χ0n) is 8.51. The van der Waals surface area contributed by atoms with Gasteiger partial charge in [-0.3, -0.25) is 4.79 Å². The number of halogens is 1. The van der Waals surface area contributed by atoms with Gasteiger partial charge >= 0.3 is 5.97 Å². The van der Waals surface area contributed by atoms with Gasteiger partial charge in [0.15, 0.2) is 0 Å². The second kappa shape index (κ2) is 4.06. The van der Waals surface area contributed by atoms with Gasteiger partial charge in [-0.25, -0.2) is 9.97 Å². The van der Waals surface area contributed by atoms with E-state index in [0.29, 0.717) is 5.52 Å². The summed E-state index contributed by atoms with van der Waals surface area (Å²) in [4.78, 5) is 19.0. The van der Waals surface area contributed by atoms with Crippen LogP contribution in [0.5, 0.6) is 0 Å². The molecule has 82 valence electrons. The largest absolute Gasteiger partial charge is 0.481 e. The number of para-hydroxylation sites is 1. The average Bonchev–Trinajstić information content (AvgIpc) is 2.28. The molecular weight excluding hydrogens is 228 g/mol.